The number of hydrogen-bond acceptors (Lipinski definition) is 6. The molecule has 1 aromatic carbocycles. The lowest BCUT2D eigenvalue weighted by atomic mass is 10.1. The van der Waals surface area contributed by atoms with Gasteiger partial charge in [0.2, 0.25) is 5.91 Å². The van der Waals surface area contributed by atoms with Crippen LogP contribution in [0, 0.1) is 0 Å². The van der Waals surface area contributed by atoms with Crippen LogP contribution in [-0.4, -0.2) is 50.5 Å². The van der Waals surface area contributed by atoms with Crippen LogP contribution in [0.25, 0.3) is 5.65 Å². The summed E-state index contributed by atoms with van der Waals surface area (Å²) in [5.74, 6) is 0.740. The van der Waals surface area contributed by atoms with Gasteiger partial charge in [-0.3, -0.25) is 18.9 Å². The Bertz CT molecular complexity index is 1140. The number of amides is 4. The van der Waals surface area contributed by atoms with E-state index in [4.69, 9.17) is 4.74 Å². The van der Waals surface area contributed by atoms with Crippen molar-refractivity contribution < 1.29 is 19.1 Å². The molecular weight excluding hydrogens is 412 g/mol. The van der Waals surface area contributed by atoms with Gasteiger partial charge in [0, 0.05) is 12.6 Å². The Labute approximate surface area is 184 Å². The number of urea groups is 1. The molecule has 1 aliphatic rings. The smallest absolute Gasteiger partial charge is 0.325 e. The fourth-order valence-electron chi connectivity index (χ4n) is 3.64. The van der Waals surface area contributed by atoms with Crippen LogP contribution in [0.15, 0.2) is 48.7 Å². The molecule has 3 heterocycles. The van der Waals surface area contributed by atoms with Crippen molar-refractivity contribution in [3.63, 3.8) is 0 Å². The summed E-state index contributed by atoms with van der Waals surface area (Å²) in [6, 6.07) is 11.2. The van der Waals surface area contributed by atoms with Crippen molar-refractivity contribution in [2.45, 2.75) is 38.4 Å². The van der Waals surface area contributed by atoms with Crippen molar-refractivity contribution in [1.82, 2.24) is 30.1 Å². The van der Waals surface area contributed by atoms with Gasteiger partial charge in [0.1, 0.15) is 11.8 Å². The number of pyridine rings is 1. The standard InChI is InChI=1S/C22H24N6O4/c1-14(20-26-25-18-5-3-4-12-27(18)20)23-19(29)11-10-17-21(30)28(22(31)24-17)13-15-6-8-16(32-2)9-7-15/h3-9,12,14,17H,10-11,13H2,1-2H3,(H,23,29)(H,24,31)/t14-,17+/m0/s1. The molecule has 2 N–H and O–H groups in total. The van der Waals surface area contributed by atoms with E-state index in [1.165, 1.54) is 0 Å². The molecule has 32 heavy (non-hydrogen) atoms. The number of nitrogens with zero attached hydrogens (tertiary/aromatic N) is 4. The number of nitrogens with one attached hydrogen (secondary N) is 2. The Hall–Kier alpha value is -3.95. The minimum absolute atomic E-state index is 0.0914. The van der Waals surface area contributed by atoms with E-state index in [0.29, 0.717) is 17.2 Å². The van der Waals surface area contributed by atoms with Gasteiger partial charge in [0.05, 0.1) is 19.7 Å². The van der Waals surface area contributed by atoms with Crippen molar-refractivity contribution in [2.24, 2.45) is 0 Å². The first-order valence-corrected chi connectivity index (χ1v) is 10.3. The number of rotatable bonds is 8. The summed E-state index contributed by atoms with van der Waals surface area (Å²) in [5, 5.41) is 13.8. The lowest BCUT2D eigenvalue weighted by Crippen LogP contribution is -2.33. The third-order valence-corrected chi connectivity index (χ3v) is 5.37. The van der Waals surface area contributed by atoms with E-state index in [1.54, 1.807) is 31.4 Å². The van der Waals surface area contributed by atoms with Crippen LogP contribution >= 0.6 is 0 Å². The molecule has 0 bridgehead atoms. The molecule has 10 heteroatoms. The van der Waals surface area contributed by atoms with Crippen molar-refractivity contribution in [3.8, 4) is 5.75 Å². The average Bonchev–Trinajstić information content (AvgIpc) is 3.34. The first-order valence-electron chi connectivity index (χ1n) is 10.3. The highest BCUT2D eigenvalue weighted by molar-refractivity contribution is 6.04. The number of carbonyl (C=O) groups is 3. The van der Waals surface area contributed by atoms with Gasteiger partial charge in [0.25, 0.3) is 5.91 Å². The molecule has 0 radical (unpaired) electrons. The highest BCUT2D eigenvalue weighted by Crippen LogP contribution is 2.18. The second kappa shape index (κ2) is 9.04. The monoisotopic (exact) mass is 436 g/mol. The molecule has 1 fully saturated rings. The van der Waals surface area contributed by atoms with Crippen LogP contribution in [-0.2, 0) is 16.1 Å². The third kappa shape index (κ3) is 4.39. The van der Waals surface area contributed by atoms with E-state index in [1.807, 2.05) is 35.7 Å². The highest BCUT2D eigenvalue weighted by atomic mass is 16.5. The minimum Gasteiger partial charge on any atom is -0.497 e. The number of benzene rings is 1. The lowest BCUT2D eigenvalue weighted by Gasteiger charge is -2.14. The number of hydrogen-bond donors (Lipinski definition) is 2. The van der Waals surface area contributed by atoms with Crippen LogP contribution < -0.4 is 15.4 Å². The molecule has 10 nitrogen and oxygen atoms in total. The fourth-order valence-corrected chi connectivity index (χ4v) is 3.64. The number of ether oxygens (including phenoxy) is 1. The second-order valence-corrected chi connectivity index (χ2v) is 7.59. The number of carbonyl (C=O) groups excluding carboxylic acids is 3. The van der Waals surface area contributed by atoms with Crippen LogP contribution in [0.1, 0.15) is 37.2 Å². The van der Waals surface area contributed by atoms with Gasteiger partial charge in [-0.25, -0.2) is 4.79 Å². The van der Waals surface area contributed by atoms with Gasteiger partial charge < -0.3 is 15.4 Å². The van der Waals surface area contributed by atoms with Crippen molar-refractivity contribution >= 4 is 23.5 Å². The van der Waals surface area contributed by atoms with E-state index in [0.717, 1.165) is 10.5 Å². The summed E-state index contributed by atoms with van der Waals surface area (Å²) in [5.41, 5.74) is 1.50. The molecule has 4 rings (SSSR count). The molecule has 4 amide bonds. The van der Waals surface area contributed by atoms with Crippen molar-refractivity contribution in [2.75, 3.05) is 7.11 Å². The van der Waals surface area contributed by atoms with Gasteiger partial charge in [-0.1, -0.05) is 18.2 Å². The molecule has 2 atom stereocenters. The number of methoxy groups -OCH3 is 1. The average molecular weight is 436 g/mol. The number of imide groups is 1. The minimum atomic E-state index is -0.726. The van der Waals surface area contributed by atoms with E-state index in [9.17, 15) is 14.4 Å². The van der Waals surface area contributed by atoms with E-state index in [2.05, 4.69) is 20.8 Å². The largest absolute Gasteiger partial charge is 0.497 e. The quantitative estimate of drug-likeness (QED) is 0.520. The number of fused-ring (bicyclic) bond motifs is 1. The number of aromatic nitrogens is 3. The summed E-state index contributed by atoms with van der Waals surface area (Å²) in [6.45, 7) is 1.98. The summed E-state index contributed by atoms with van der Waals surface area (Å²) in [6.07, 6.45) is 2.13. The van der Waals surface area contributed by atoms with Crippen LogP contribution in [0.4, 0.5) is 4.79 Å². The maximum Gasteiger partial charge on any atom is 0.325 e. The first kappa shape index (κ1) is 21.3. The zero-order valence-electron chi connectivity index (χ0n) is 17.8. The Morgan fingerprint density at radius 1 is 1.19 bits per heavy atom. The Morgan fingerprint density at radius 2 is 1.97 bits per heavy atom. The Morgan fingerprint density at radius 3 is 2.72 bits per heavy atom. The lowest BCUT2D eigenvalue weighted by molar-refractivity contribution is -0.128. The predicted octanol–water partition coefficient (Wildman–Crippen LogP) is 1.82. The molecule has 0 saturated carbocycles. The topological polar surface area (TPSA) is 118 Å². The Balaban J connectivity index is 1.30. The molecule has 2 aromatic heterocycles. The van der Waals surface area contributed by atoms with Crippen LogP contribution in [0.3, 0.4) is 0 Å². The van der Waals surface area contributed by atoms with E-state index in [-0.39, 0.29) is 37.2 Å². The molecule has 1 aliphatic heterocycles. The molecule has 1 saturated heterocycles. The molecule has 3 aromatic rings. The molecule has 0 aliphatic carbocycles. The maximum atomic E-state index is 12.7. The van der Waals surface area contributed by atoms with E-state index < -0.39 is 12.1 Å². The SMILES string of the molecule is COc1ccc(CN2C(=O)N[C@H](CCC(=O)N[C@@H](C)c3nnc4ccccn34)C2=O)cc1. The summed E-state index contributed by atoms with van der Waals surface area (Å²) >= 11 is 0. The maximum absolute atomic E-state index is 12.7. The second-order valence-electron chi connectivity index (χ2n) is 7.59. The van der Waals surface area contributed by atoms with Crippen LogP contribution in [0.2, 0.25) is 0 Å². The zero-order valence-corrected chi connectivity index (χ0v) is 17.8. The first-order chi connectivity index (χ1) is 15.5. The predicted molar refractivity (Wildman–Crippen MR) is 115 cm³/mol. The van der Waals surface area contributed by atoms with Crippen molar-refractivity contribution in [3.05, 3.63) is 60.0 Å². The summed E-state index contributed by atoms with van der Waals surface area (Å²) < 4.78 is 6.93. The normalized spacial score (nSPS) is 16.8. The molecule has 0 spiro atoms. The van der Waals surface area contributed by atoms with Gasteiger partial charge in [-0.05, 0) is 43.2 Å². The van der Waals surface area contributed by atoms with Gasteiger partial charge >= 0.3 is 6.03 Å². The fraction of sp³-hybridized carbons (Fsp3) is 0.318. The third-order valence-electron chi connectivity index (χ3n) is 5.37. The molecule has 0 unspecified atom stereocenters. The van der Waals surface area contributed by atoms with Crippen molar-refractivity contribution in [1.29, 1.82) is 0 Å². The Kier molecular flexibility index (Phi) is 6.02. The zero-order chi connectivity index (χ0) is 22.7. The van der Waals surface area contributed by atoms with Gasteiger partial charge in [-0.2, -0.15) is 0 Å². The van der Waals surface area contributed by atoms with E-state index >= 15 is 0 Å². The summed E-state index contributed by atoms with van der Waals surface area (Å²) in [7, 11) is 1.57. The molecule has 166 valence electrons. The summed E-state index contributed by atoms with van der Waals surface area (Å²) in [4.78, 5) is 38.6. The highest BCUT2D eigenvalue weighted by Gasteiger charge is 2.37. The molecular formula is C22H24N6O4. The van der Waals surface area contributed by atoms with Gasteiger partial charge in [0.15, 0.2) is 11.5 Å². The van der Waals surface area contributed by atoms with Crippen LogP contribution in [0.5, 0.6) is 5.75 Å². The van der Waals surface area contributed by atoms with Gasteiger partial charge in [-0.15, -0.1) is 10.2 Å².